The Hall–Kier alpha value is -2.21. The lowest BCUT2D eigenvalue weighted by Gasteiger charge is -2.27. The lowest BCUT2D eigenvalue weighted by molar-refractivity contribution is -0.383. The topological polar surface area (TPSA) is 72.2 Å². The fourth-order valence-corrected chi connectivity index (χ4v) is 2.91. The first-order chi connectivity index (χ1) is 10.7. The van der Waals surface area contributed by atoms with Crippen LogP contribution in [0.3, 0.4) is 0 Å². The number of rotatable bonds is 3. The molecule has 1 aromatic heterocycles. The van der Waals surface area contributed by atoms with Gasteiger partial charge < -0.3 is 4.90 Å². The van der Waals surface area contributed by atoms with Gasteiger partial charge >= 0.3 is 5.69 Å². The van der Waals surface area contributed by atoms with Crippen molar-refractivity contribution < 1.29 is 4.92 Å². The van der Waals surface area contributed by atoms with E-state index in [1.165, 1.54) is 6.33 Å². The summed E-state index contributed by atoms with van der Waals surface area (Å²) in [5, 5.41) is 12.1. The van der Waals surface area contributed by atoms with Crippen LogP contribution in [0.15, 0.2) is 30.6 Å². The average molecular weight is 319 g/mol. The van der Waals surface area contributed by atoms with Gasteiger partial charge in [-0.1, -0.05) is 23.7 Å². The smallest absolute Gasteiger partial charge is 0.337 e. The third kappa shape index (κ3) is 2.87. The molecule has 0 unspecified atom stereocenters. The van der Waals surface area contributed by atoms with Crippen molar-refractivity contribution >= 4 is 23.1 Å². The summed E-state index contributed by atoms with van der Waals surface area (Å²) in [6, 6.07) is 6.92. The molecule has 6 nitrogen and oxygen atoms in total. The molecule has 1 aliphatic rings. The molecule has 2 heterocycles. The Bertz CT molecular complexity index is 702. The highest BCUT2D eigenvalue weighted by Crippen LogP contribution is 2.36. The van der Waals surface area contributed by atoms with E-state index in [2.05, 4.69) is 9.97 Å². The number of anilines is 1. The second-order valence-electron chi connectivity index (χ2n) is 5.21. The molecule has 0 atom stereocenters. The highest BCUT2D eigenvalue weighted by Gasteiger charge is 2.28. The molecule has 22 heavy (non-hydrogen) atoms. The number of nitrogens with zero attached hydrogens (tertiary/aromatic N) is 4. The number of hydrogen-bond acceptors (Lipinski definition) is 5. The first-order valence-corrected chi connectivity index (χ1v) is 7.55. The van der Waals surface area contributed by atoms with Crippen molar-refractivity contribution in [1.82, 2.24) is 9.97 Å². The van der Waals surface area contributed by atoms with E-state index in [1.54, 1.807) is 24.3 Å². The van der Waals surface area contributed by atoms with Gasteiger partial charge in [-0.15, -0.1) is 0 Å². The van der Waals surface area contributed by atoms with Crippen LogP contribution in [0.4, 0.5) is 11.5 Å². The zero-order valence-corrected chi connectivity index (χ0v) is 12.7. The van der Waals surface area contributed by atoms with Gasteiger partial charge in [0.2, 0.25) is 5.82 Å². The Morgan fingerprint density at radius 1 is 1.18 bits per heavy atom. The molecule has 0 bridgehead atoms. The third-order valence-corrected chi connectivity index (χ3v) is 3.97. The Labute approximate surface area is 132 Å². The van der Waals surface area contributed by atoms with Gasteiger partial charge in [-0.3, -0.25) is 10.1 Å². The van der Waals surface area contributed by atoms with Crippen LogP contribution in [-0.4, -0.2) is 28.0 Å². The number of nitro groups is 1. The van der Waals surface area contributed by atoms with Crippen LogP contribution >= 0.6 is 11.6 Å². The first kappa shape index (κ1) is 14.7. The molecule has 0 N–H and O–H groups in total. The molecule has 1 fully saturated rings. The van der Waals surface area contributed by atoms with Gasteiger partial charge in [-0.2, -0.15) is 0 Å². The molecule has 0 saturated carbocycles. The van der Waals surface area contributed by atoms with Gasteiger partial charge in [0.25, 0.3) is 0 Å². The maximum atomic E-state index is 11.6. The number of halogens is 1. The summed E-state index contributed by atoms with van der Waals surface area (Å²) < 4.78 is 0. The fraction of sp³-hybridized carbons (Fsp3) is 0.333. The summed E-state index contributed by atoms with van der Waals surface area (Å²) in [6.07, 6.45) is 4.57. The van der Waals surface area contributed by atoms with Crippen molar-refractivity contribution in [2.75, 3.05) is 18.0 Å². The molecule has 1 aromatic carbocycles. The minimum atomic E-state index is -0.403. The van der Waals surface area contributed by atoms with Gasteiger partial charge in [-0.25, -0.2) is 9.97 Å². The highest BCUT2D eigenvalue weighted by atomic mass is 35.5. The summed E-state index contributed by atoms with van der Waals surface area (Å²) in [6.45, 7) is 1.57. The largest absolute Gasteiger partial charge is 0.351 e. The molecule has 0 amide bonds. The summed E-state index contributed by atoms with van der Waals surface area (Å²) in [7, 11) is 0. The number of hydrogen-bond donors (Lipinski definition) is 0. The van der Waals surface area contributed by atoms with Crippen LogP contribution in [0.25, 0.3) is 11.3 Å². The summed E-state index contributed by atoms with van der Waals surface area (Å²) in [5.74, 6) is 0.398. The van der Waals surface area contributed by atoms with Crippen LogP contribution in [0.5, 0.6) is 0 Å². The van der Waals surface area contributed by atoms with Crippen LogP contribution in [-0.2, 0) is 0 Å². The van der Waals surface area contributed by atoms with E-state index in [4.69, 9.17) is 11.6 Å². The van der Waals surface area contributed by atoms with Crippen molar-refractivity contribution in [2.24, 2.45) is 0 Å². The predicted molar refractivity (Wildman–Crippen MR) is 85.2 cm³/mol. The van der Waals surface area contributed by atoms with Crippen LogP contribution < -0.4 is 4.90 Å². The van der Waals surface area contributed by atoms with Crippen molar-refractivity contribution in [1.29, 1.82) is 0 Å². The van der Waals surface area contributed by atoms with Gasteiger partial charge in [0.05, 0.1) is 4.92 Å². The molecule has 0 aliphatic carbocycles. The molecule has 0 radical (unpaired) electrons. The van der Waals surface area contributed by atoms with Gasteiger partial charge in [0.15, 0.2) is 5.69 Å². The second kappa shape index (κ2) is 6.27. The summed E-state index contributed by atoms with van der Waals surface area (Å²) in [4.78, 5) is 21.5. The molecule has 7 heteroatoms. The highest BCUT2D eigenvalue weighted by molar-refractivity contribution is 6.30. The van der Waals surface area contributed by atoms with E-state index < -0.39 is 4.92 Å². The van der Waals surface area contributed by atoms with Gasteiger partial charge in [-0.05, 0) is 31.4 Å². The van der Waals surface area contributed by atoms with Crippen LogP contribution in [0.2, 0.25) is 5.02 Å². The minimum Gasteiger partial charge on any atom is -0.351 e. The van der Waals surface area contributed by atoms with E-state index in [-0.39, 0.29) is 5.69 Å². The van der Waals surface area contributed by atoms with Crippen molar-refractivity contribution in [3.05, 3.63) is 45.7 Å². The second-order valence-corrected chi connectivity index (χ2v) is 5.65. The van der Waals surface area contributed by atoms with Gasteiger partial charge in [0.1, 0.15) is 6.33 Å². The summed E-state index contributed by atoms with van der Waals surface area (Å²) in [5.41, 5.74) is 0.884. The van der Waals surface area contributed by atoms with E-state index in [9.17, 15) is 10.1 Å². The zero-order valence-electron chi connectivity index (χ0n) is 11.9. The number of piperidine rings is 1. The predicted octanol–water partition coefficient (Wildman–Crippen LogP) is 3.70. The van der Waals surface area contributed by atoms with Crippen LogP contribution in [0.1, 0.15) is 19.3 Å². The maximum Gasteiger partial charge on any atom is 0.337 e. The Morgan fingerprint density at radius 3 is 2.64 bits per heavy atom. The molecular formula is C15H15ClN4O2. The lowest BCUT2D eigenvalue weighted by atomic mass is 10.1. The Morgan fingerprint density at radius 2 is 1.95 bits per heavy atom. The first-order valence-electron chi connectivity index (χ1n) is 7.17. The molecule has 114 valence electrons. The average Bonchev–Trinajstić information content (AvgIpc) is 2.55. The van der Waals surface area contributed by atoms with E-state index in [0.717, 1.165) is 32.4 Å². The van der Waals surface area contributed by atoms with E-state index in [1.807, 2.05) is 4.90 Å². The SMILES string of the molecule is O=[N+]([O-])c1c(-c2cccc(Cl)c2)ncnc1N1CCCCC1. The maximum absolute atomic E-state index is 11.6. The third-order valence-electron chi connectivity index (χ3n) is 3.74. The molecule has 0 spiro atoms. The van der Waals surface area contributed by atoms with E-state index in [0.29, 0.717) is 22.1 Å². The normalized spacial score (nSPS) is 14.9. The lowest BCUT2D eigenvalue weighted by Crippen LogP contribution is -2.31. The number of benzene rings is 1. The monoisotopic (exact) mass is 318 g/mol. The Balaban J connectivity index is 2.12. The van der Waals surface area contributed by atoms with Crippen molar-refractivity contribution in [2.45, 2.75) is 19.3 Å². The zero-order chi connectivity index (χ0) is 15.5. The van der Waals surface area contributed by atoms with Crippen molar-refractivity contribution in [3.8, 4) is 11.3 Å². The van der Waals surface area contributed by atoms with Crippen molar-refractivity contribution in [3.63, 3.8) is 0 Å². The van der Waals surface area contributed by atoms with Crippen LogP contribution in [0, 0.1) is 10.1 Å². The van der Waals surface area contributed by atoms with Gasteiger partial charge in [0, 0.05) is 23.7 Å². The van der Waals surface area contributed by atoms with E-state index >= 15 is 0 Å². The minimum absolute atomic E-state index is 0.0494. The number of aromatic nitrogens is 2. The summed E-state index contributed by atoms with van der Waals surface area (Å²) >= 11 is 5.99. The molecule has 2 aromatic rings. The standard InChI is InChI=1S/C15H15ClN4O2/c16-12-6-4-5-11(9-12)13-14(20(21)22)15(18-10-17-13)19-7-2-1-3-8-19/h4-6,9-10H,1-3,7-8H2. The Kier molecular flexibility index (Phi) is 4.20. The quantitative estimate of drug-likeness (QED) is 0.637. The fourth-order valence-electron chi connectivity index (χ4n) is 2.72. The molecular weight excluding hydrogens is 304 g/mol. The molecule has 3 rings (SSSR count). The molecule has 1 aliphatic heterocycles. The molecule has 1 saturated heterocycles.